The minimum Gasteiger partial charge on any atom is -0.228 e. The smallest absolute Gasteiger partial charge is 0.160 e. The Kier molecular flexibility index (Phi) is 6.13. The van der Waals surface area contributed by atoms with Gasteiger partial charge >= 0.3 is 0 Å². The average molecular weight is 721 g/mol. The number of nitrogens with zero attached hydrogens (tertiary/aromatic N) is 2. The van der Waals surface area contributed by atoms with Gasteiger partial charge in [0.25, 0.3) is 0 Å². The maximum absolute atomic E-state index is 5.32. The standard InChI is InChI=1S/C55H32N2/c1-2-15-34(16-3-1)53-41-24-7-11-30-48(41)56-54(57-53)36-20-12-19-35(31-36)50-51-42-26-14-18-33-17-13-25-39(49(33)42)43(51)32-47-52(50)40-23-6-10-29-46(40)55(47)44-27-8-4-21-37(44)38-22-5-9-28-45(38)55/h1-32H. The van der Waals surface area contributed by atoms with Gasteiger partial charge < -0.3 is 0 Å². The molecule has 0 saturated carbocycles. The molecule has 0 fully saturated rings. The van der Waals surface area contributed by atoms with E-state index in [-0.39, 0.29) is 0 Å². The predicted molar refractivity (Wildman–Crippen MR) is 234 cm³/mol. The molecule has 0 bridgehead atoms. The van der Waals surface area contributed by atoms with Crippen LogP contribution in [-0.4, -0.2) is 9.97 Å². The Bertz CT molecular complexity index is 3310. The third kappa shape index (κ3) is 3.99. The molecule has 1 heterocycles. The van der Waals surface area contributed by atoms with Gasteiger partial charge in [0.2, 0.25) is 0 Å². The third-order valence-corrected chi connectivity index (χ3v) is 12.8. The number of fused-ring (bicyclic) bond motifs is 14. The molecule has 0 radical (unpaired) electrons. The van der Waals surface area contributed by atoms with Crippen LogP contribution in [0.25, 0.3) is 100.0 Å². The van der Waals surface area contributed by atoms with Crippen molar-refractivity contribution in [3.63, 3.8) is 0 Å². The van der Waals surface area contributed by atoms with Crippen molar-refractivity contribution in [3.05, 3.63) is 216 Å². The molecule has 0 unspecified atom stereocenters. The molecule has 10 aromatic rings. The molecule has 2 heteroatoms. The highest BCUT2D eigenvalue weighted by Crippen LogP contribution is 2.67. The van der Waals surface area contributed by atoms with E-state index in [4.69, 9.17) is 9.97 Å². The van der Waals surface area contributed by atoms with Gasteiger partial charge in [0.15, 0.2) is 5.82 Å². The number of aromatic nitrogens is 2. The second-order valence-electron chi connectivity index (χ2n) is 15.6. The van der Waals surface area contributed by atoms with Crippen LogP contribution in [0.2, 0.25) is 0 Å². The second kappa shape index (κ2) is 11.3. The lowest BCUT2D eigenvalue weighted by atomic mass is 9.69. The summed E-state index contributed by atoms with van der Waals surface area (Å²) in [5, 5.41) is 3.65. The summed E-state index contributed by atoms with van der Waals surface area (Å²) < 4.78 is 0. The van der Waals surface area contributed by atoms with Crippen LogP contribution in [0.15, 0.2) is 194 Å². The van der Waals surface area contributed by atoms with Crippen molar-refractivity contribution >= 4 is 21.7 Å². The van der Waals surface area contributed by atoms with E-state index in [1.54, 1.807) is 0 Å². The van der Waals surface area contributed by atoms with Crippen LogP contribution in [0.1, 0.15) is 22.3 Å². The van der Waals surface area contributed by atoms with E-state index >= 15 is 0 Å². The van der Waals surface area contributed by atoms with E-state index in [9.17, 15) is 0 Å². The van der Waals surface area contributed by atoms with E-state index in [2.05, 4.69) is 194 Å². The van der Waals surface area contributed by atoms with Crippen LogP contribution >= 0.6 is 0 Å². The van der Waals surface area contributed by atoms with Crippen molar-refractivity contribution in [1.82, 2.24) is 9.97 Å². The normalized spacial score (nSPS) is 13.4. The fourth-order valence-electron chi connectivity index (χ4n) is 10.6. The predicted octanol–water partition coefficient (Wildman–Crippen LogP) is 13.8. The molecule has 13 rings (SSSR count). The molecule has 9 aromatic carbocycles. The summed E-state index contributed by atoms with van der Waals surface area (Å²) >= 11 is 0. The van der Waals surface area contributed by atoms with Crippen molar-refractivity contribution in [2.45, 2.75) is 5.41 Å². The zero-order valence-electron chi connectivity index (χ0n) is 30.9. The number of hydrogen-bond donors (Lipinski definition) is 0. The van der Waals surface area contributed by atoms with Crippen molar-refractivity contribution in [3.8, 4) is 78.3 Å². The van der Waals surface area contributed by atoms with Crippen LogP contribution in [0, 0.1) is 0 Å². The first-order valence-corrected chi connectivity index (χ1v) is 19.8. The molecule has 0 N–H and O–H groups in total. The molecule has 2 nitrogen and oxygen atoms in total. The molecule has 0 saturated heterocycles. The molecule has 1 spiro atoms. The van der Waals surface area contributed by atoms with E-state index < -0.39 is 5.41 Å². The molecule has 0 atom stereocenters. The minimum atomic E-state index is -0.463. The van der Waals surface area contributed by atoms with Gasteiger partial charge in [0.1, 0.15) is 0 Å². The molecule has 0 aliphatic heterocycles. The highest BCUT2D eigenvalue weighted by Gasteiger charge is 2.53. The van der Waals surface area contributed by atoms with Gasteiger partial charge in [-0.25, -0.2) is 9.97 Å². The SMILES string of the molecule is c1ccc(-c2nc(-c3cccc(-c4c5c(cc6c4-c4ccccc4C64c6ccccc6-c6ccccc64)-c4cccc6cccc-5c46)c3)nc3ccccc23)cc1. The number of rotatable bonds is 3. The highest BCUT2D eigenvalue weighted by molar-refractivity contribution is 6.21. The van der Waals surface area contributed by atoms with Gasteiger partial charge in [-0.05, 0) is 107 Å². The van der Waals surface area contributed by atoms with Crippen LogP contribution in [0.3, 0.4) is 0 Å². The van der Waals surface area contributed by atoms with E-state index in [0.29, 0.717) is 0 Å². The summed E-state index contributed by atoms with van der Waals surface area (Å²) in [4.78, 5) is 10.5. The van der Waals surface area contributed by atoms with E-state index in [0.717, 1.165) is 39.1 Å². The second-order valence-corrected chi connectivity index (χ2v) is 15.6. The van der Waals surface area contributed by atoms with Gasteiger partial charge in [-0.2, -0.15) is 0 Å². The maximum Gasteiger partial charge on any atom is 0.160 e. The highest BCUT2D eigenvalue weighted by atomic mass is 14.9. The van der Waals surface area contributed by atoms with Gasteiger partial charge in [0, 0.05) is 16.5 Å². The molecular formula is C55H32N2. The van der Waals surface area contributed by atoms with Crippen molar-refractivity contribution in [2.24, 2.45) is 0 Å². The first kappa shape index (κ1) is 30.9. The number of para-hydroxylation sites is 1. The lowest BCUT2D eigenvalue weighted by Crippen LogP contribution is -2.26. The Morgan fingerprint density at radius 1 is 0.333 bits per heavy atom. The lowest BCUT2D eigenvalue weighted by molar-refractivity contribution is 0.794. The van der Waals surface area contributed by atoms with Gasteiger partial charge in [-0.15, -0.1) is 0 Å². The molecule has 3 aliphatic rings. The summed E-state index contributed by atoms with van der Waals surface area (Å²) in [7, 11) is 0. The Morgan fingerprint density at radius 3 is 1.68 bits per heavy atom. The molecule has 3 aliphatic carbocycles. The van der Waals surface area contributed by atoms with Crippen LogP contribution in [0.5, 0.6) is 0 Å². The Morgan fingerprint density at radius 2 is 0.912 bits per heavy atom. The fraction of sp³-hybridized carbons (Fsp3) is 0.0182. The van der Waals surface area contributed by atoms with Gasteiger partial charge in [0.05, 0.1) is 16.6 Å². The molecule has 1 aromatic heterocycles. The van der Waals surface area contributed by atoms with Crippen molar-refractivity contribution in [2.75, 3.05) is 0 Å². The van der Waals surface area contributed by atoms with Gasteiger partial charge in [-0.3, -0.25) is 0 Å². The first-order chi connectivity index (χ1) is 28.3. The van der Waals surface area contributed by atoms with Crippen LogP contribution in [-0.2, 0) is 5.41 Å². The maximum atomic E-state index is 5.32. The third-order valence-electron chi connectivity index (χ3n) is 12.8. The van der Waals surface area contributed by atoms with E-state index in [1.807, 2.05) is 0 Å². The van der Waals surface area contributed by atoms with E-state index in [1.165, 1.54) is 83.1 Å². The summed E-state index contributed by atoms with van der Waals surface area (Å²) in [6.07, 6.45) is 0. The minimum absolute atomic E-state index is 0.463. The van der Waals surface area contributed by atoms with Gasteiger partial charge in [-0.1, -0.05) is 176 Å². The quantitative estimate of drug-likeness (QED) is 0.182. The topological polar surface area (TPSA) is 25.8 Å². The first-order valence-electron chi connectivity index (χ1n) is 19.8. The largest absolute Gasteiger partial charge is 0.228 e. The zero-order chi connectivity index (χ0) is 37.2. The Hall–Kier alpha value is -7.42. The van der Waals surface area contributed by atoms with Crippen LogP contribution in [0.4, 0.5) is 0 Å². The zero-order valence-corrected chi connectivity index (χ0v) is 30.9. The number of benzene rings is 9. The summed E-state index contributed by atoms with van der Waals surface area (Å²) in [5.74, 6) is 0.722. The summed E-state index contributed by atoms with van der Waals surface area (Å²) in [6, 6.07) is 71.3. The Labute approximate surface area is 330 Å². The van der Waals surface area contributed by atoms with Crippen LogP contribution < -0.4 is 0 Å². The molecule has 0 amide bonds. The lowest BCUT2D eigenvalue weighted by Gasteiger charge is -2.31. The average Bonchev–Trinajstić information content (AvgIpc) is 3.88. The Balaban J connectivity index is 1.15. The monoisotopic (exact) mass is 720 g/mol. The summed E-state index contributed by atoms with van der Waals surface area (Å²) in [6.45, 7) is 0. The van der Waals surface area contributed by atoms with Crippen molar-refractivity contribution < 1.29 is 0 Å². The fourth-order valence-corrected chi connectivity index (χ4v) is 10.6. The van der Waals surface area contributed by atoms with Crippen molar-refractivity contribution in [1.29, 1.82) is 0 Å². The molecular weight excluding hydrogens is 689 g/mol. The summed E-state index contributed by atoms with van der Waals surface area (Å²) in [5.41, 5.74) is 21.7. The molecule has 57 heavy (non-hydrogen) atoms. The molecule has 262 valence electrons. The number of hydrogen-bond acceptors (Lipinski definition) is 2.